The third-order valence-corrected chi connectivity index (χ3v) is 9.72. The first-order valence-electron chi connectivity index (χ1n) is 15.4. The summed E-state index contributed by atoms with van der Waals surface area (Å²) in [5.74, 6) is -1.41. The van der Waals surface area contributed by atoms with Gasteiger partial charge in [0, 0.05) is 27.8 Å². The second-order valence-corrected chi connectivity index (χ2v) is 13.5. The molecule has 6 rings (SSSR count). The quantitative estimate of drug-likeness (QED) is 0.144. The maximum atomic E-state index is 11.8. The minimum absolute atomic E-state index is 0.000182. The Morgan fingerprint density at radius 1 is 0.750 bits per heavy atom. The smallest absolute Gasteiger partial charge is 0.303 e. The summed E-state index contributed by atoms with van der Waals surface area (Å²) in [5, 5.41) is 33.5. The Morgan fingerprint density at radius 3 is 1.79 bits per heavy atom. The lowest BCUT2D eigenvalue weighted by Gasteiger charge is -2.24. The van der Waals surface area contributed by atoms with Gasteiger partial charge in [-0.25, -0.2) is 9.97 Å². The second-order valence-electron chi connectivity index (χ2n) is 11.6. The zero-order chi connectivity index (χ0) is 38.2. The van der Waals surface area contributed by atoms with Gasteiger partial charge in [-0.3, -0.25) is 23.5 Å². The first-order valence-corrected chi connectivity index (χ1v) is 17.3. The van der Waals surface area contributed by atoms with E-state index in [1.807, 2.05) is 0 Å². The zero-order valence-corrected chi connectivity index (χ0v) is 31.4. The van der Waals surface area contributed by atoms with E-state index in [4.69, 9.17) is 81.7 Å². The van der Waals surface area contributed by atoms with Gasteiger partial charge in [0.1, 0.15) is 31.0 Å². The summed E-state index contributed by atoms with van der Waals surface area (Å²) in [5.41, 5.74) is 2.03. The molecule has 0 amide bonds. The van der Waals surface area contributed by atoms with E-state index in [-0.39, 0.29) is 21.9 Å². The Morgan fingerprint density at radius 2 is 1.27 bits per heavy atom. The molecular formula is C31H32Cl5N5O11. The lowest BCUT2D eigenvalue weighted by atomic mass is 10.1. The first kappa shape index (κ1) is 40.0. The van der Waals surface area contributed by atoms with Crippen molar-refractivity contribution in [2.24, 2.45) is 0 Å². The van der Waals surface area contributed by atoms with Crippen molar-refractivity contribution in [1.29, 1.82) is 0 Å². The maximum Gasteiger partial charge on any atom is 0.303 e. The molecule has 282 valence electrons. The number of nitrogens with one attached hydrogen (secondary N) is 1. The highest BCUT2D eigenvalue weighted by atomic mass is 35.5. The van der Waals surface area contributed by atoms with Crippen LogP contribution < -0.4 is 5.32 Å². The lowest BCUT2D eigenvalue weighted by Crippen LogP contribution is -2.40. The van der Waals surface area contributed by atoms with E-state index in [0.717, 1.165) is 0 Å². The molecule has 4 aromatic rings. The number of carbonyl (C=O) groups excluding carboxylic acids is 3. The molecule has 2 aromatic carbocycles. The van der Waals surface area contributed by atoms with Crippen LogP contribution in [0.25, 0.3) is 22.1 Å². The monoisotopic (exact) mass is 825 g/mol. The molecule has 21 heteroatoms. The summed E-state index contributed by atoms with van der Waals surface area (Å²) in [7, 11) is 1.67. The predicted molar refractivity (Wildman–Crippen MR) is 189 cm³/mol. The van der Waals surface area contributed by atoms with Crippen LogP contribution in [-0.4, -0.2) is 109 Å². The number of halogens is 5. The number of hydrogen-bond donors (Lipinski definition) is 4. The van der Waals surface area contributed by atoms with Crippen LogP contribution in [0.2, 0.25) is 25.4 Å². The predicted octanol–water partition coefficient (Wildman–Crippen LogP) is 4.32. The molecule has 2 aliphatic rings. The fourth-order valence-electron chi connectivity index (χ4n) is 5.82. The molecule has 2 unspecified atom stereocenters. The normalized spacial score (nSPS) is 25.5. The maximum absolute atomic E-state index is 11.8. The number of benzene rings is 2. The molecular weight excluding hydrogens is 796 g/mol. The van der Waals surface area contributed by atoms with Gasteiger partial charge in [-0.15, -0.1) is 0 Å². The molecule has 0 saturated carbocycles. The molecule has 8 atom stereocenters. The van der Waals surface area contributed by atoms with Gasteiger partial charge >= 0.3 is 17.9 Å². The number of carbonyl (C=O) groups is 3. The van der Waals surface area contributed by atoms with Crippen molar-refractivity contribution in [3.63, 3.8) is 0 Å². The standard InChI is InChI=1S/C18H17Cl3N2O7.C13H15Cl2N3O4/c1-7(24)27-6-14-15(28-8(2)25)16(29-9(3)26)17(30-14)23-13-5-11(20)10(19)4-12(13)22-18(23)21;1-16-13-17-7-2-5(14)6(15)3-8(7)18(13)12-11(21)10(20)9(4-19)22-12/h4-5,14-17H,6H2,1-3H3;2-3,9-12,19-21H,4H2,1H3,(H,16,17)/t14-,15?,16-,17+;9-,10?,11-,12+/m00/s1. The van der Waals surface area contributed by atoms with Gasteiger partial charge in [0.25, 0.3) is 0 Å². The molecule has 2 fully saturated rings. The van der Waals surface area contributed by atoms with Crippen LogP contribution in [-0.2, 0) is 38.1 Å². The van der Waals surface area contributed by atoms with Gasteiger partial charge in [-0.05, 0) is 35.9 Å². The number of aliphatic hydroxyl groups is 3. The van der Waals surface area contributed by atoms with Gasteiger partial charge in [0.05, 0.1) is 48.8 Å². The molecule has 16 nitrogen and oxygen atoms in total. The molecule has 52 heavy (non-hydrogen) atoms. The summed E-state index contributed by atoms with van der Waals surface area (Å²) < 4.78 is 30.3. The minimum atomic E-state index is -1.21. The van der Waals surface area contributed by atoms with E-state index in [1.54, 1.807) is 23.7 Å². The van der Waals surface area contributed by atoms with Crippen LogP contribution >= 0.6 is 58.0 Å². The zero-order valence-electron chi connectivity index (χ0n) is 27.6. The van der Waals surface area contributed by atoms with Crippen molar-refractivity contribution in [3.8, 4) is 0 Å². The van der Waals surface area contributed by atoms with Gasteiger partial charge in [0.2, 0.25) is 11.2 Å². The van der Waals surface area contributed by atoms with Crippen LogP contribution in [0.5, 0.6) is 0 Å². The molecule has 2 saturated heterocycles. The SMILES string of the molecule is CC(=O)OC[C@@H]1O[C@@H](n2c(Cl)nc3cc(Cl)c(Cl)cc32)[C@@H](OC(C)=O)C1OC(C)=O.CNc1nc2cc(Cl)c(Cl)cc2n1[C@@H]1O[C@@H](CO)C(O)[C@@H]1O. The number of anilines is 1. The molecule has 4 heterocycles. The van der Waals surface area contributed by atoms with Crippen molar-refractivity contribution >= 4 is 104 Å². The molecule has 0 aliphatic carbocycles. The Balaban J connectivity index is 0.000000210. The van der Waals surface area contributed by atoms with Crippen molar-refractivity contribution in [3.05, 3.63) is 49.6 Å². The van der Waals surface area contributed by atoms with Crippen molar-refractivity contribution in [2.75, 3.05) is 25.6 Å². The number of ether oxygens (including phenoxy) is 5. The topological polar surface area (TPSA) is 206 Å². The number of aliphatic hydroxyl groups excluding tert-OH is 3. The van der Waals surface area contributed by atoms with E-state index in [2.05, 4.69) is 15.3 Å². The second kappa shape index (κ2) is 16.5. The number of nitrogens with zero attached hydrogens (tertiary/aromatic N) is 4. The molecule has 0 spiro atoms. The number of aromatic nitrogens is 4. The lowest BCUT2D eigenvalue weighted by molar-refractivity contribution is -0.166. The molecule has 2 aromatic heterocycles. The Bertz CT molecular complexity index is 1990. The third kappa shape index (κ3) is 8.16. The van der Waals surface area contributed by atoms with Crippen molar-refractivity contribution in [1.82, 2.24) is 19.1 Å². The third-order valence-electron chi connectivity index (χ3n) is 8.01. The van der Waals surface area contributed by atoms with E-state index in [1.165, 1.54) is 37.5 Å². The molecule has 0 radical (unpaired) electrons. The molecule has 2 aliphatic heterocycles. The number of fused-ring (bicyclic) bond motifs is 2. The van der Waals surface area contributed by atoms with Gasteiger partial charge in [-0.2, -0.15) is 0 Å². The average Bonchev–Trinajstić information content (AvgIpc) is 3.77. The summed E-state index contributed by atoms with van der Waals surface area (Å²) >= 11 is 30.6. The van der Waals surface area contributed by atoms with E-state index < -0.39 is 73.6 Å². The fourth-order valence-corrected chi connectivity index (χ4v) is 6.73. The van der Waals surface area contributed by atoms with Crippen LogP contribution in [0.15, 0.2) is 24.3 Å². The molecule has 4 N–H and O–H groups in total. The number of imidazole rings is 2. The van der Waals surface area contributed by atoms with Crippen LogP contribution in [0, 0.1) is 0 Å². The highest BCUT2D eigenvalue weighted by molar-refractivity contribution is 6.43. The highest BCUT2D eigenvalue weighted by Gasteiger charge is 2.51. The van der Waals surface area contributed by atoms with Crippen LogP contribution in [0.3, 0.4) is 0 Å². The van der Waals surface area contributed by atoms with E-state index in [9.17, 15) is 29.7 Å². The fraction of sp³-hybridized carbons (Fsp3) is 0.452. The van der Waals surface area contributed by atoms with E-state index >= 15 is 0 Å². The number of rotatable bonds is 8. The highest BCUT2D eigenvalue weighted by Crippen LogP contribution is 2.40. The van der Waals surface area contributed by atoms with Gasteiger partial charge < -0.3 is 44.3 Å². The first-order chi connectivity index (χ1) is 24.6. The minimum Gasteiger partial charge on any atom is -0.463 e. The Kier molecular flexibility index (Phi) is 12.7. The van der Waals surface area contributed by atoms with E-state index in [0.29, 0.717) is 38.1 Å². The summed E-state index contributed by atoms with van der Waals surface area (Å²) in [4.78, 5) is 43.3. The van der Waals surface area contributed by atoms with Gasteiger partial charge in [0.15, 0.2) is 24.7 Å². The van der Waals surface area contributed by atoms with Crippen LogP contribution in [0.1, 0.15) is 33.2 Å². The summed E-state index contributed by atoms with van der Waals surface area (Å²) in [6.45, 7) is 2.98. The average molecular weight is 828 g/mol. The Hall–Kier alpha value is -3.16. The van der Waals surface area contributed by atoms with Gasteiger partial charge in [-0.1, -0.05) is 46.4 Å². The van der Waals surface area contributed by atoms with Crippen molar-refractivity contribution in [2.45, 2.75) is 69.9 Å². The number of hydrogen-bond acceptors (Lipinski definition) is 14. The Labute approximate surface area is 320 Å². The summed E-state index contributed by atoms with van der Waals surface area (Å²) in [6, 6.07) is 6.28. The largest absolute Gasteiger partial charge is 0.463 e. The number of esters is 3. The molecule has 0 bridgehead atoms. The summed E-state index contributed by atoms with van der Waals surface area (Å²) in [6.07, 6.45) is -8.32. The van der Waals surface area contributed by atoms with Crippen molar-refractivity contribution < 1.29 is 53.4 Å². The van der Waals surface area contributed by atoms with Crippen LogP contribution in [0.4, 0.5) is 5.95 Å².